The van der Waals surface area contributed by atoms with Crippen LogP contribution in [0.25, 0.3) is 0 Å². The van der Waals surface area contributed by atoms with E-state index in [0.29, 0.717) is 42.5 Å². The highest BCUT2D eigenvalue weighted by atomic mass is 35.5. The van der Waals surface area contributed by atoms with Crippen LogP contribution in [0.5, 0.6) is 17.2 Å². The van der Waals surface area contributed by atoms with Crippen molar-refractivity contribution in [3.05, 3.63) is 52.8 Å². The minimum atomic E-state index is -0.329. The number of benzene rings is 2. The van der Waals surface area contributed by atoms with Gasteiger partial charge in [-0.1, -0.05) is 11.6 Å². The Labute approximate surface area is 167 Å². The van der Waals surface area contributed by atoms with Crippen molar-refractivity contribution in [3.8, 4) is 17.2 Å². The predicted molar refractivity (Wildman–Crippen MR) is 102 cm³/mol. The maximum absolute atomic E-state index is 13.0. The van der Waals surface area contributed by atoms with Gasteiger partial charge >= 0.3 is 0 Å². The molecule has 0 spiro atoms. The summed E-state index contributed by atoms with van der Waals surface area (Å²) in [4.78, 5) is 14.6. The molecule has 2 aromatic rings. The van der Waals surface area contributed by atoms with Gasteiger partial charge in [0.1, 0.15) is 24.3 Å². The summed E-state index contributed by atoms with van der Waals surface area (Å²) < 4.78 is 34.7. The molecular weight excluding hydrogens is 389 g/mol. The second-order valence-electron chi connectivity index (χ2n) is 6.20. The third-order valence-electron chi connectivity index (χ3n) is 4.38. The van der Waals surface area contributed by atoms with E-state index in [-0.39, 0.29) is 29.5 Å². The summed E-state index contributed by atoms with van der Waals surface area (Å²) in [7, 11) is 3.00. The number of amides is 1. The summed E-state index contributed by atoms with van der Waals surface area (Å²) >= 11 is 6.27. The van der Waals surface area contributed by atoms with Crippen molar-refractivity contribution in [1.29, 1.82) is 0 Å². The van der Waals surface area contributed by atoms with Gasteiger partial charge in [0.05, 0.1) is 38.0 Å². The Bertz CT molecular complexity index is 830. The van der Waals surface area contributed by atoms with Crippen LogP contribution in [-0.2, 0) is 4.74 Å². The average molecular weight is 410 g/mol. The topological polar surface area (TPSA) is 57.2 Å². The molecule has 1 amide bonds. The number of nitrogens with zero attached hydrogens (tertiary/aromatic N) is 1. The minimum absolute atomic E-state index is 0.221. The van der Waals surface area contributed by atoms with Crippen LogP contribution in [0.1, 0.15) is 10.4 Å². The van der Waals surface area contributed by atoms with E-state index in [1.54, 1.807) is 29.2 Å². The number of rotatable bonds is 6. The van der Waals surface area contributed by atoms with Gasteiger partial charge in [-0.05, 0) is 30.3 Å². The SMILES string of the molecule is COc1cc(Cl)c(C(=O)N2CCOC(COc3ccc(F)cc3)C2)cc1OC. The Morgan fingerprint density at radius 2 is 1.89 bits per heavy atom. The first-order valence-corrected chi connectivity index (χ1v) is 9.10. The lowest BCUT2D eigenvalue weighted by molar-refractivity contribution is -0.0401. The van der Waals surface area contributed by atoms with Gasteiger partial charge in [-0.3, -0.25) is 4.79 Å². The number of carbonyl (C=O) groups is 1. The third kappa shape index (κ3) is 4.66. The van der Waals surface area contributed by atoms with E-state index < -0.39 is 0 Å². The zero-order valence-corrected chi connectivity index (χ0v) is 16.4. The molecule has 1 fully saturated rings. The molecule has 3 rings (SSSR count). The fourth-order valence-electron chi connectivity index (χ4n) is 2.91. The first-order chi connectivity index (χ1) is 13.5. The van der Waals surface area contributed by atoms with Crippen LogP contribution < -0.4 is 14.2 Å². The van der Waals surface area contributed by atoms with Gasteiger partial charge in [-0.15, -0.1) is 0 Å². The summed E-state index contributed by atoms with van der Waals surface area (Å²) in [5, 5.41) is 0.285. The highest BCUT2D eigenvalue weighted by Gasteiger charge is 2.27. The van der Waals surface area contributed by atoms with Gasteiger partial charge in [0.2, 0.25) is 0 Å². The number of hydrogen-bond donors (Lipinski definition) is 0. The quantitative estimate of drug-likeness (QED) is 0.731. The van der Waals surface area contributed by atoms with E-state index in [2.05, 4.69) is 0 Å². The first kappa shape index (κ1) is 20.2. The van der Waals surface area contributed by atoms with Gasteiger partial charge in [-0.25, -0.2) is 4.39 Å². The molecule has 0 aliphatic carbocycles. The molecule has 150 valence electrons. The molecule has 1 heterocycles. The van der Waals surface area contributed by atoms with Crippen LogP contribution in [-0.4, -0.2) is 57.4 Å². The van der Waals surface area contributed by atoms with Crippen molar-refractivity contribution in [1.82, 2.24) is 4.90 Å². The molecule has 1 unspecified atom stereocenters. The van der Waals surface area contributed by atoms with Crippen LogP contribution in [0.4, 0.5) is 4.39 Å². The fourth-order valence-corrected chi connectivity index (χ4v) is 3.15. The second-order valence-corrected chi connectivity index (χ2v) is 6.60. The van der Waals surface area contributed by atoms with Crippen molar-refractivity contribution in [3.63, 3.8) is 0 Å². The van der Waals surface area contributed by atoms with E-state index in [1.807, 2.05) is 0 Å². The number of morpholine rings is 1. The Morgan fingerprint density at radius 3 is 2.57 bits per heavy atom. The fraction of sp³-hybridized carbons (Fsp3) is 0.350. The van der Waals surface area contributed by atoms with Gasteiger partial charge in [0.15, 0.2) is 11.5 Å². The molecule has 0 aromatic heterocycles. The molecular formula is C20H21ClFNO5. The molecule has 0 radical (unpaired) electrons. The monoisotopic (exact) mass is 409 g/mol. The Balaban J connectivity index is 1.66. The number of methoxy groups -OCH3 is 2. The maximum atomic E-state index is 13.0. The first-order valence-electron chi connectivity index (χ1n) is 8.72. The molecule has 28 heavy (non-hydrogen) atoms. The Kier molecular flexibility index (Phi) is 6.59. The van der Waals surface area contributed by atoms with Crippen molar-refractivity contribution < 1.29 is 28.1 Å². The van der Waals surface area contributed by atoms with Crippen molar-refractivity contribution in [2.24, 2.45) is 0 Å². The molecule has 0 bridgehead atoms. The number of halogens is 2. The summed E-state index contributed by atoms with van der Waals surface area (Å²) in [6.07, 6.45) is -0.304. The summed E-state index contributed by atoms with van der Waals surface area (Å²) in [5.74, 6) is 0.874. The smallest absolute Gasteiger partial charge is 0.255 e. The molecule has 1 atom stereocenters. The largest absolute Gasteiger partial charge is 0.493 e. The van der Waals surface area contributed by atoms with Crippen LogP contribution in [0.2, 0.25) is 5.02 Å². The van der Waals surface area contributed by atoms with Crippen LogP contribution in [0.3, 0.4) is 0 Å². The van der Waals surface area contributed by atoms with E-state index in [0.717, 1.165) is 0 Å². The van der Waals surface area contributed by atoms with Crippen molar-refractivity contribution >= 4 is 17.5 Å². The molecule has 8 heteroatoms. The summed E-state index contributed by atoms with van der Waals surface area (Å²) in [6, 6.07) is 8.87. The van der Waals surface area contributed by atoms with Crippen molar-refractivity contribution in [2.45, 2.75) is 6.10 Å². The predicted octanol–water partition coefficient (Wildman–Crippen LogP) is 3.42. The average Bonchev–Trinajstić information content (AvgIpc) is 2.72. The lowest BCUT2D eigenvalue weighted by Crippen LogP contribution is -2.47. The second kappa shape index (κ2) is 9.12. The Hall–Kier alpha value is -2.51. The standard InChI is InChI=1S/C20H21ClFNO5/c1-25-18-9-16(17(21)10-19(18)26-2)20(24)23-7-8-27-15(11-23)12-28-14-5-3-13(22)4-6-14/h3-6,9-10,15H,7-8,11-12H2,1-2H3. The summed E-state index contributed by atoms with van der Waals surface area (Å²) in [6.45, 7) is 1.42. The van der Waals surface area contributed by atoms with Crippen molar-refractivity contribution in [2.75, 3.05) is 40.5 Å². The molecule has 0 saturated carbocycles. The minimum Gasteiger partial charge on any atom is -0.493 e. The van der Waals surface area contributed by atoms with E-state index in [4.69, 9.17) is 30.5 Å². The van der Waals surface area contributed by atoms with Gasteiger partial charge in [-0.2, -0.15) is 0 Å². The molecule has 1 aliphatic heterocycles. The molecule has 1 aliphatic rings. The molecule has 2 aromatic carbocycles. The number of hydrogen-bond acceptors (Lipinski definition) is 5. The lowest BCUT2D eigenvalue weighted by atomic mass is 10.1. The highest BCUT2D eigenvalue weighted by molar-refractivity contribution is 6.34. The van der Waals surface area contributed by atoms with E-state index in [1.165, 1.54) is 26.4 Å². The third-order valence-corrected chi connectivity index (χ3v) is 4.69. The zero-order valence-electron chi connectivity index (χ0n) is 15.6. The summed E-state index contributed by atoms with van der Waals surface area (Å²) in [5.41, 5.74) is 0.333. The zero-order chi connectivity index (χ0) is 20.1. The maximum Gasteiger partial charge on any atom is 0.255 e. The van der Waals surface area contributed by atoms with Crippen LogP contribution in [0.15, 0.2) is 36.4 Å². The number of carbonyl (C=O) groups excluding carboxylic acids is 1. The van der Waals surface area contributed by atoms with Gasteiger partial charge < -0.3 is 23.8 Å². The van der Waals surface area contributed by atoms with Gasteiger partial charge in [0.25, 0.3) is 5.91 Å². The molecule has 6 nitrogen and oxygen atoms in total. The molecule has 1 saturated heterocycles. The Morgan fingerprint density at radius 1 is 1.21 bits per heavy atom. The van der Waals surface area contributed by atoms with E-state index in [9.17, 15) is 9.18 Å². The van der Waals surface area contributed by atoms with E-state index >= 15 is 0 Å². The highest BCUT2D eigenvalue weighted by Crippen LogP contribution is 2.33. The normalized spacial score (nSPS) is 16.6. The number of ether oxygens (including phenoxy) is 4. The van der Waals surface area contributed by atoms with Crippen LogP contribution >= 0.6 is 11.6 Å². The van der Waals surface area contributed by atoms with Crippen LogP contribution in [0, 0.1) is 5.82 Å². The molecule has 0 N–H and O–H groups in total. The van der Waals surface area contributed by atoms with Gasteiger partial charge in [0, 0.05) is 12.6 Å². The lowest BCUT2D eigenvalue weighted by Gasteiger charge is -2.33.